The highest BCUT2D eigenvalue weighted by Gasteiger charge is 2.42. The summed E-state index contributed by atoms with van der Waals surface area (Å²) < 4.78 is 0. The Bertz CT molecular complexity index is 364. The van der Waals surface area contributed by atoms with Crippen molar-refractivity contribution >= 4 is 5.91 Å². The van der Waals surface area contributed by atoms with E-state index in [0.29, 0.717) is 19.0 Å². The molecule has 2 aliphatic rings. The lowest BCUT2D eigenvalue weighted by Gasteiger charge is -2.42. The number of carbonyl (C=O) groups is 1. The zero-order valence-electron chi connectivity index (χ0n) is 12.0. The lowest BCUT2D eigenvalue weighted by molar-refractivity contribution is -0.143. The van der Waals surface area contributed by atoms with Crippen molar-refractivity contribution in [3.8, 4) is 6.07 Å². The summed E-state index contributed by atoms with van der Waals surface area (Å²) in [4.78, 5) is 17.0. The van der Waals surface area contributed by atoms with Crippen molar-refractivity contribution in [2.75, 3.05) is 32.7 Å². The first-order valence-electron chi connectivity index (χ1n) is 7.21. The van der Waals surface area contributed by atoms with Crippen molar-refractivity contribution in [2.45, 2.75) is 44.7 Å². The van der Waals surface area contributed by atoms with Crippen LogP contribution in [0.4, 0.5) is 0 Å². The molecule has 0 spiro atoms. The van der Waals surface area contributed by atoms with Crippen LogP contribution in [-0.4, -0.2) is 60.0 Å². The van der Waals surface area contributed by atoms with Gasteiger partial charge in [0.15, 0.2) is 0 Å². The lowest BCUT2D eigenvalue weighted by atomic mass is 9.99. The second-order valence-corrected chi connectivity index (χ2v) is 5.93. The number of amides is 1. The van der Waals surface area contributed by atoms with Crippen LogP contribution in [0.5, 0.6) is 0 Å². The van der Waals surface area contributed by atoms with Crippen LogP contribution < -0.4 is 5.32 Å². The summed E-state index contributed by atoms with van der Waals surface area (Å²) >= 11 is 0. The molecule has 0 atom stereocenters. The average Bonchev–Trinajstić information content (AvgIpc) is 3.24. The summed E-state index contributed by atoms with van der Waals surface area (Å²) in [6.45, 7) is 8.32. The summed E-state index contributed by atoms with van der Waals surface area (Å²) in [5, 5.41) is 12.1. The Morgan fingerprint density at radius 3 is 2.58 bits per heavy atom. The van der Waals surface area contributed by atoms with Gasteiger partial charge in [0.1, 0.15) is 0 Å². The molecular formula is C14H24N4O. The van der Waals surface area contributed by atoms with Crippen molar-refractivity contribution < 1.29 is 4.79 Å². The van der Waals surface area contributed by atoms with E-state index in [1.165, 1.54) is 0 Å². The summed E-state index contributed by atoms with van der Waals surface area (Å²) in [6.07, 6.45) is 2.61. The van der Waals surface area contributed by atoms with Gasteiger partial charge in [-0.05, 0) is 26.7 Å². The Balaban J connectivity index is 2.03. The Kier molecular flexibility index (Phi) is 4.43. The molecule has 1 saturated heterocycles. The molecule has 0 aromatic heterocycles. The number of nitrogens with zero attached hydrogens (tertiary/aromatic N) is 3. The molecular weight excluding hydrogens is 240 g/mol. The van der Waals surface area contributed by atoms with Crippen molar-refractivity contribution in [1.82, 2.24) is 15.1 Å². The van der Waals surface area contributed by atoms with E-state index in [2.05, 4.69) is 16.3 Å². The van der Waals surface area contributed by atoms with Crippen molar-refractivity contribution in [3.05, 3.63) is 0 Å². The maximum atomic E-state index is 12.8. The number of hydrogen-bond donors (Lipinski definition) is 1. The predicted molar refractivity (Wildman–Crippen MR) is 73.5 cm³/mol. The number of carbonyl (C=O) groups excluding carboxylic acids is 1. The SMILES string of the molecule is CC(C)(C(=O)N(CCC#N)C1CC1)N1CCNCC1. The van der Waals surface area contributed by atoms with Crippen molar-refractivity contribution in [1.29, 1.82) is 5.26 Å². The minimum absolute atomic E-state index is 0.187. The molecule has 5 heteroatoms. The maximum Gasteiger partial charge on any atom is 0.242 e. The molecule has 0 aromatic rings. The molecule has 0 bridgehead atoms. The van der Waals surface area contributed by atoms with Gasteiger partial charge >= 0.3 is 0 Å². The van der Waals surface area contributed by atoms with Gasteiger partial charge in [0.05, 0.1) is 18.0 Å². The van der Waals surface area contributed by atoms with Crippen LogP contribution in [0.3, 0.4) is 0 Å². The lowest BCUT2D eigenvalue weighted by Crippen LogP contribution is -2.61. The fourth-order valence-corrected chi connectivity index (χ4v) is 2.72. The molecule has 1 N–H and O–H groups in total. The van der Waals surface area contributed by atoms with E-state index in [1.54, 1.807) is 0 Å². The first kappa shape index (κ1) is 14.3. The molecule has 0 aromatic carbocycles. The molecule has 2 fully saturated rings. The molecule has 0 unspecified atom stereocenters. The largest absolute Gasteiger partial charge is 0.337 e. The molecule has 5 nitrogen and oxygen atoms in total. The Labute approximate surface area is 115 Å². The van der Waals surface area contributed by atoms with Gasteiger partial charge in [-0.25, -0.2) is 0 Å². The number of hydrogen-bond acceptors (Lipinski definition) is 4. The smallest absolute Gasteiger partial charge is 0.242 e. The van der Waals surface area contributed by atoms with Crippen molar-refractivity contribution in [2.24, 2.45) is 0 Å². The second kappa shape index (κ2) is 5.89. The van der Waals surface area contributed by atoms with Gasteiger partial charge in [0.25, 0.3) is 0 Å². The topological polar surface area (TPSA) is 59.4 Å². The quantitative estimate of drug-likeness (QED) is 0.789. The maximum absolute atomic E-state index is 12.8. The van der Waals surface area contributed by atoms with Crippen LogP contribution in [0, 0.1) is 11.3 Å². The molecule has 1 amide bonds. The zero-order chi connectivity index (χ0) is 13.9. The van der Waals surface area contributed by atoms with Crippen LogP contribution in [-0.2, 0) is 4.79 Å². The Hall–Kier alpha value is -1.12. The third kappa shape index (κ3) is 3.26. The van der Waals surface area contributed by atoms with Crippen molar-refractivity contribution in [3.63, 3.8) is 0 Å². The fraction of sp³-hybridized carbons (Fsp3) is 0.857. The number of piperazine rings is 1. The highest BCUT2D eigenvalue weighted by Crippen LogP contribution is 2.30. The summed E-state index contributed by atoms with van der Waals surface area (Å²) in [5.74, 6) is 0.187. The van der Waals surface area contributed by atoms with E-state index in [9.17, 15) is 4.79 Å². The van der Waals surface area contributed by atoms with Gasteiger partial charge in [0.2, 0.25) is 5.91 Å². The second-order valence-electron chi connectivity index (χ2n) is 5.93. The minimum atomic E-state index is -0.458. The summed E-state index contributed by atoms with van der Waals surface area (Å²) in [7, 11) is 0. The molecule has 1 saturated carbocycles. The van der Waals surface area contributed by atoms with E-state index in [4.69, 9.17) is 5.26 Å². The van der Waals surface area contributed by atoms with Gasteiger partial charge < -0.3 is 10.2 Å². The monoisotopic (exact) mass is 264 g/mol. The molecule has 2 rings (SSSR count). The van der Waals surface area contributed by atoms with Gasteiger partial charge in [-0.1, -0.05) is 0 Å². The van der Waals surface area contributed by atoms with E-state index < -0.39 is 5.54 Å². The number of nitrogens with one attached hydrogen (secondary N) is 1. The normalized spacial score (nSPS) is 20.9. The van der Waals surface area contributed by atoms with Crippen LogP contribution in [0.25, 0.3) is 0 Å². The van der Waals surface area contributed by atoms with Gasteiger partial charge in [-0.2, -0.15) is 5.26 Å². The van der Waals surface area contributed by atoms with E-state index >= 15 is 0 Å². The molecule has 1 aliphatic heterocycles. The molecule has 1 heterocycles. The molecule has 19 heavy (non-hydrogen) atoms. The Morgan fingerprint density at radius 1 is 1.42 bits per heavy atom. The third-order valence-electron chi connectivity index (χ3n) is 4.14. The standard InChI is InChI=1S/C14H24N4O/c1-14(2,17-10-7-16-8-11-17)13(19)18(9-3-6-15)12-4-5-12/h12,16H,3-5,7-11H2,1-2H3. The summed E-state index contributed by atoms with van der Waals surface area (Å²) in [5.41, 5.74) is -0.458. The third-order valence-corrected chi connectivity index (χ3v) is 4.14. The van der Waals surface area contributed by atoms with E-state index in [-0.39, 0.29) is 5.91 Å². The zero-order valence-corrected chi connectivity index (χ0v) is 12.0. The highest BCUT2D eigenvalue weighted by molar-refractivity contribution is 5.86. The van der Waals surface area contributed by atoms with Crippen LogP contribution in [0.1, 0.15) is 33.1 Å². The van der Waals surface area contributed by atoms with Crippen LogP contribution in [0.2, 0.25) is 0 Å². The minimum Gasteiger partial charge on any atom is -0.337 e. The molecule has 0 radical (unpaired) electrons. The predicted octanol–water partition coefficient (Wildman–Crippen LogP) is 0.575. The number of nitriles is 1. The number of rotatable bonds is 5. The van der Waals surface area contributed by atoms with Gasteiger partial charge in [-0.3, -0.25) is 9.69 Å². The summed E-state index contributed by atoms with van der Waals surface area (Å²) in [6, 6.07) is 2.53. The van der Waals surface area contributed by atoms with Gasteiger partial charge in [-0.15, -0.1) is 0 Å². The van der Waals surface area contributed by atoms with Crippen LogP contribution >= 0.6 is 0 Å². The fourth-order valence-electron chi connectivity index (χ4n) is 2.72. The first-order valence-corrected chi connectivity index (χ1v) is 7.21. The molecule has 106 valence electrons. The van der Waals surface area contributed by atoms with E-state index in [0.717, 1.165) is 39.0 Å². The Morgan fingerprint density at radius 2 is 2.05 bits per heavy atom. The van der Waals surface area contributed by atoms with Gasteiger partial charge in [0, 0.05) is 38.8 Å². The highest BCUT2D eigenvalue weighted by atomic mass is 16.2. The van der Waals surface area contributed by atoms with Crippen LogP contribution in [0.15, 0.2) is 0 Å². The molecule has 1 aliphatic carbocycles. The average molecular weight is 264 g/mol. The van der Waals surface area contributed by atoms with E-state index in [1.807, 2.05) is 18.7 Å². The first-order chi connectivity index (χ1) is 9.07.